The molecule has 0 aliphatic rings. The number of nitrogens with one attached hydrogen (secondary N) is 2. The van der Waals surface area contributed by atoms with E-state index in [1.807, 2.05) is 6.08 Å². The standard InChI is InChI=1S/C22H40N2O4/c1-3-4-5-6-7-8-9-10-11-13-16-20(25)23-18-15-12-14-17-21(26)24-19-22(27)28-2/h15,18H,3-14,16-17,19H2,1-2H3,(H,23,25)(H,24,26)/b18-15-. The smallest absolute Gasteiger partial charge is 0.325 e. The number of rotatable bonds is 18. The molecule has 6 nitrogen and oxygen atoms in total. The molecule has 0 aromatic heterocycles. The average molecular weight is 397 g/mol. The normalized spacial score (nSPS) is 10.8. The summed E-state index contributed by atoms with van der Waals surface area (Å²) in [7, 11) is 1.28. The summed E-state index contributed by atoms with van der Waals surface area (Å²) in [6.07, 6.45) is 18.4. The summed E-state index contributed by atoms with van der Waals surface area (Å²) in [5.74, 6) is -0.589. The number of amides is 2. The summed E-state index contributed by atoms with van der Waals surface area (Å²) in [5.41, 5.74) is 0. The van der Waals surface area contributed by atoms with Gasteiger partial charge in [0.15, 0.2) is 0 Å². The second-order valence-electron chi connectivity index (χ2n) is 7.15. The van der Waals surface area contributed by atoms with Crippen LogP contribution in [0, 0.1) is 0 Å². The van der Waals surface area contributed by atoms with Crippen molar-refractivity contribution in [3.63, 3.8) is 0 Å². The molecule has 0 unspecified atom stereocenters. The fourth-order valence-corrected chi connectivity index (χ4v) is 2.79. The lowest BCUT2D eigenvalue weighted by atomic mass is 10.1. The van der Waals surface area contributed by atoms with E-state index in [0.29, 0.717) is 25.7 Å². The molecule has 0 radical (unpaired) electrons. The number of esters is 1. The van der Waals surface area contributed by atoms with E-state index in [4.69, 9.17) is 0 Å². The molecule has 0 atom stereocenters. The first-order valence-electron chi connectivity index (χ1n) is 10.9. The van der Waals surface area contributed by atoms with Gasteiger partial charge in [-0.3, -0.25) is 14.4 Å². The Morgan fingerprint density at radius 2 is 1.36 bits per heavy atom. The molecule has 0 aliphatic heterocycles. The van der Waals surface area contributed by atoms with Gasteiger partial charge in [-0.25, -0.2) is 0 Å². The van der Waals surface area contributed by atoms with Crippen molar-refractivity contribution < 1.29 is 19.1 Å². The van der Waals surface area contributed by atoms with E-state index in [2.05, 4.69) is 22.3 Å². The van der Waals surface area contributed by atoms with Crippen LogP contribution in [0.2, 0.25) is 0 Å². The number of hydrogen-bond acceptors (Lipinski definition) is 4. The topological polar surface area (TPSA) is 84.5 Å². The van der Waals surface area contributed by atoms with Crippen molar-refractivity contribution >= 4 is 17.8 Å². The third-order valence-electron chi connectivity index (χ3n) is 4.55. The third kappa shape index (κ3) is 18.9. The van der Waals surface area contributed by atoms with Crippen molar-refractivity contribution in [1.82, 2.24) is 10.6 Å². The summed E-state index contributed by atoms with van der Waals surface area (Å²) < 4.78 is 4.44. The van der Waals surface area contributed by atoms with Crippen LogP contribution in [0.4, 0.5) is 0 Å². The van der Waals surface area contributed by atoms with Crippen LogP contribution in [-0.2, 0) is 19.1 Å². The molecular weight excluding hydrogens is 356 g/mol. The van der Waals surface area contributed by atoms with Gasteiger partial charge in [0.1, 0.15) is 6.54 Å². The largest absolute Gasteiger partial charge is 0.468 e. The summed E-state index contributed by atoms with van der Waals surface area (Å²) in [4.78, 5) is 34.1. The molecule has 0 saturated carbocycles. The van der Waals surface area contributed by atoms with E-state index >= 15 is 0 Å². The van der Waals surface area contributed by atoms with Gasteiger partial charge < -0.3 is 15.4 Å². The fraction of sp³-hybridized carbons (Fsp3) is 0.773. The van der Waals surface area contributed by atoms with Crippen molar-refractivity contribution in [1.29, 1.82) is 0 Å². The SMILES string of the molecule is CCCCCCCCCCCCC(=O)N/C=C\CCCC(=O)NCC(=O)OC. The van der Waals surface area contributed by atoms with E-state index in [0.717, 1.165) is 12.8 Å². The minimum Gasteiger partial charge on any atom is -0.468 e. The Labute approximate surface area is 170 Å². The molecule has 0 aromatic carbocycles. The third-order valence-corrected chi connectivity index (χ3v) is 4.55. The van der Waals surface area contributed by atoms with Crippen LogP contribution in [0.5, 0.6) is 0 Å². The molecule has 0 aromatic rings. The van der Waals surface area contributed by atoms with Crippen molar-refractivity contribution in [2.75, 3.05) is 13.7 Å². The number of methoxy groups -OCH3 is 1. The van der Waals surface area contributed by atoms with Crippen LogP contribution in [-0.4, -0.2) is 31.4 Å². The van der Waals surface area contributed by atoms with Crippen molar-refractivity contribution in [3.05, 3.63) is 12.3 Å². The molecule has 0 rings (SSSR count). The Balaban J connectivity index is 3.42. The molecule has 162 valence electrons. The first-order chi connectivity index (χ1) is 13.6. The lowest BCUT2D eigenvalue weighted by Crippen LogP contribution is -2.29. The van der Waals surface area contributed by atoms with E-state index in [9.17, 15) is 14.4 Å². The van der Waals surface area contributed by atoms with Crippen molar-refractivity contribution in [2.45, 2.75) is 96.8 Å². The minimum atomic E-state index is -0.460. The molecule has 0 aliphatic carbocycles. The second-order valence-corrected chi connectivity index (χ2v) is 7.15. The zero-order valence-corrected chi connectivity index (χ0v) is 17.9. The van der Waals surface area contributed by atoms with Gasteiger partial charge >= 0.3 is 5.97 Å². The molecule has 0 saturated heterocycles. The van der Waals surface area contributed by atoms with Gasteiger partial charge in [-0.05, 0) is 25.5 Å². The van der Waals surface area contributed by atoms with Gasteiger partial charge in [0.25, 0.3) is 0 Å². The van der Waals surface area contributed by atoms with Gasteiger partial charge in [0.2, 0.25) is 11.8 Å². The number of ether oxygens (including phenoxy) is 1. The van der Waals surface area contributed by atoms with Gasteiger partial charge in [0, 0.05) is 12.8 Å². The van der Waals surface area contributed by atoms with Gasteiger partial charge in [-0.1, -0.05) is 70.8 Å². The molecule has 2 N–H and O–H groups in total. The van der Waals surface area contributed by atoms with E-state index in [1.165, 1.54) is 58.5 Å². The zero-order valence-electron chi connectivity index (χ0n) is 17.9. The predicted octanol–water partition coefficient (Wildman–Crippen LogP) is 4.39. The summed E-state index contributed by atoms with van der Waals surface area (Å²) >= 11 is 0. The Kier molecular flexibility index (Phi) is 18.6. The Morgan fingerprint density at radius 3 is 1.96 bits per heavy atom. The number of unbranched alkanes of at least 4 members (excludes halogenated alkanes) is 10. The van der Waals surface area contributed by atoms with Gasteiger partial charge in [0.05, 0.1) is 7.11 Å². The number of allylic oxidation sites excluding steroid dienone is 1. The highest BCUT2D eigenvalue weighted by Gasteiger charge is 2.04. The first-order valence-corrected chi connectivity index (χ1v) is 10.9. The van der Waals surface area contributed by atoms with Gasteiger partial charge in [-0.15, -0.1) is 0 Å². The summed E-state index contributed by atoms with van der Waals surface area (Å²) in [5, 5.41) is 5.26. The molecule has 0 fully saturated rings. The van der Waals surface area contributed by atoms with E-state index in [-0.39, 0.29) is 18.4 Å². The van der Waals surface area contributed by atoms with Crippen molar-refractivity contribution in [2.24, 2.45) is 0 Å². The van der Waals surface area contributed by atoms with E-state index in [1.54, 1.807) is 6.20 Å². The first kappa shape index (κ1) is 26.1. The molecule has 28 heavy (non-hydrogen) atoms. The average Bonchev–Trinajstić information content (AvgIpc) is 2.70. The quantitative estimate of drug-likeness (QED) is 0.266. The number of carbonyl (C=O) groups excluding carboxylic acids is 3. The Bertz CT molecular complexity index is 450. The molecular formula is C22H40N2O4. The Hall–Kier alpha value is -1.85. The fourth-order valence-electron chi connectivity index (χ4n) is 2.79. The second kappa shape index (κ2) is 19.9. The monoisotopic (exact) mass is 396 g/mol. The maximum Gasteiger partial charge on any atom is 0.325 e. The highest BCUT2D eigenvalue weighted by molar-refractivity contribution is 5.81. The van der Waals surface area contributed by atoms with Crippen LogP contribution in [0.1, 0.15) is 96.8 Å². The molecule has 0 bridgehead atoms. The van der Waals surface area contributed by atoms with Crippen LogP contribution < -0.4 is 10.6 Å². The summed E-state index contributed by atoms with van der Waals surface area (Å²) in [6, 6.07) is 0. The number of hydrogen-bond donors (Lipinski definition) is 2. The van der Waals surface area contributed by atoms with Crippen molar-refractivity contribution in [3.8, 4) is 0 Å². The lowest BCUT2D eigenvalue weighted by Gasteiger charge is -2.03. The molecule has 0 heterocycles. The highest BCUT2D eigenvalue weighted by atomic mass is 16.5. The minimum absolute atomic E-state index is 0.0478. The highest BCUT2D eigenvalue weighted by Crippen LogP contribution is 2.11. The van der Waals surface area contributed by atoms with Gasteiger partial charge in [-0.2, -0.15) is 0 Å². The van der Waals surface area contributed by atoms with Crippen LogP contribution in [0.3, 0.4) is 0 Å². The van der Waals surface area contributed by atoms with Crippen LogP contribution in [0.15, 0.2) is 12.3 Å². The lowest BCUT2D eigenvalue weighted by molar-refractivity contribution is -0.141. The predicted molar refractivity (Wildman–Crippen MR) is 113 cm³/mol. The summed E-state index contributed by atoms with van der Waals surface area (Å²) in [6.45, 7) is 2.14. The van der Waals surface area contributed by atoms with Crippen LogP contribution >= 0.6 is 0 Å². The zero-order chi connectivity index (χ0) is 20.9. The maximum absolute atomic E-state index is 11.7. The number of carbonyl (C=O) groups is 3. The Morgan fingerprint density at radius 1 is 0.786 bits per heavy atom. The molecule has 0 spiro atoms. The van der Waals surface area contributed by atoms with Crippen LogP contribution in [0.25, 0.3) is 0 Å². The molecule has 6 heteroatoms. The maximum atomic E-state index is 11.7. The molecule has 2 amide bonds. The van der Waals surface area contributed by atoms with E-state index < -0.39 is 5.97 Å².